The molecule has 0 radical (unpaired) electrons. The van der Waals surface area contributed by atoms with Crippen LogP contribution in [-0.2, 0) is 6.42 Å². The van der Waals surface area contributed by atoms with E-state index in [4.69, 9.17) is 0 Å². The second kappa shape index (κ2) is 7.79. The van der Waals surface area contributed by atoms with Gasteiger partial charge in [-0.1, -0.05) is 24.3 Å². The van der Waals surface area contributed by atoms with Crippen molar-refractivity contribution in [1.82, 2.24) is 10.2 Å². The van der Waals surface area contributed by atoms with Crippen molar-refractivity contribution >= 4 is 17.8 Å². The molecule has 2 atom stereocenters. The van der Waals surface area contributed by atoms with E-state index >= 15 is 0 Å². The zero-order chi connectivity index (χ0) is 17.0. The first-order valence-corrected chi connectivity index (χ1v) is 9.99. The summed E-state index contributed by atoms with van der Waals surface area (Å²) in [5.41, 5.74) is 2.62. The smallest absolute Gasteiger partial charge is 0.317 e. The molecule has 0 saturated carbocycles. The molecule has 1 aromatic rings. The van der Waals surface area contributed by atoms with Crippen LogP contribution in [0.3, 0.4) is 0 Å². The number of benzene rings is 1. The predicted octanol–water partition coefficient (Wildman–Crippen LogP) is 3.35. The minimum Gasteiger partial charge on any atom is -0.396 e. The molecule has 1 aliphatic heterocycles. The Kier molecular flexibility index (Phi) is 5.72. The van der Waals surface area contributed by atoms with Crippen LogP contribution < -0.4 is 5.32 Å². The summed E-state index contributed by atoms with van der Waals surface area (Å²) in [4.78, 5) is 14.8. The molecular weight excluding hydrogens is 320 g/mol. The number of hydrogen-bond acceptors (Lipinski definition) is 3. The van der Waals surface area contributed by atoms with Crippen LogP contribution >= 0.6 is 11.8 Å². The lowest BCUT2D eigenvalue weighted by atomic mass is 10.1. The van der Waals surface area contributed by atoms with Gasteiger partial charge < -0.3 is 15.3 Å². The van der Waals surface area contributed by atoms with Crippen molar-refractivity contribution in [2.75, 3.05) is 25.4 Å². The molecule has 2 N–H and O–H groups in total. The number of carbonyl (C=O) groups excluding carboxylic acids is 1. The molecule has 2 unspecified atom stereocenters. The number of fused-ring (bicyclic) bond motifs is 1. The quantitative estimate of drug-likeness (QED) is 0.829. The number of rotatable bonds is 6. The summed E-state index contributed by atoms with van der Waals surface area (Å²) in [6.45, 7) is 3.69. The number of urea groups is 1. The number of nitrogens with one attached hydrogen (secondary N) is 1. The van der Waals surface area contributed by atoms with Crippen molar-refractivity contribution in [3.8, 4) is 0 Å². The maximum Gasteiger partial charge on any atom is 0.317 e. The van der Waals surface area contributed by atoms with Gasteiger partial charge in [-0.25, -0.2) is 4.79 Å². The van der Waals surface area contributed by atoms with Gasteiger partial charge in [0.2, 0.25) is 0 Å². The molecule has 1 aromatic carbocycles. The highest BCUT2D eigenvalue weighted by Crippen LogP contribution is 2.38. The van der Waals surface area contributed by atoms with Crippen molar-refractivity contribution in [1.29, 1.82) is 0 Å². The molecular formula is C19H28N2O2S. The second-order valence-corrected chi connectivity index (χ2v) is 8.77. The highest BCUT2D eigenvalue weighted by Gasteiger charge is 2.33. The molecule has 4 nitrogen and oxygen atoms in total. The maximum absolute atomic E-state index is 12.9. The average Bonchev–Trinajstić information content (AvgIpc) is 3.21. The van der Waals surface area contributed by atoms with Gasteiger partial charge in [0.15, 0.2) is 0 Å². The summed E-state index contributed by atoms with van der Waals surface area (Å²) in [6.07, 6.45) is 5.03. The van der Waals surface area contributed by atoms with Gasteiger partial charge in [0.05, 0.1) is 6.04 Å². The molecule has 1 heterocycles. The van der Waals surface area contributed by atoms with Crippen molar-refractivity contribution in [2.24, 2.45) is 0 Å². The van der Waals surface area contributed by atoms with Gasteiger partial charge in [0, 0.05) is 24.4 Å². The molecule has 2 amide bonds. The summed E-state index contributed by atoms with van der Waals surface area (Å²) < 4.78 is 0.173. The average molecular weight is 349 g/mol. The van der Waals surface area contributed by atoms with E-state index in [0.29, 0.717) is 13.0 Å². The Morgan fingerprint density at radius 3 is 3.04 bits per heavy atom. The number of nitrogens with zero attached hydrogens (tertiary/aromatic N) is 1. The molecule has 3 rings (SSSR count). The number of carbonyl (C=O) groups is 1. The van der Waals surface area contributed by atoms with E-state index in [1.54, 1.807) is 0 Å². The van der Waals surface area contributed by atoms with Gasteiger partial charge in [-0.2, -0.15) is 11.8 Å². The fourth-order valence-corrected chi connectivity index (χ4v) is 5.08. The number of thioether (sulfide) groups is 1. The summed E-state index contributed by atoms with van der Waals surface area (Å²) in [7, 11) is 0. The van der Waals surface area contributed by atoms with Gasteiger partial charge in [-0.3, -0.25) is 0 Å². The molecule has 0 spiro atoms. The Hall–Kier alpha value is -1.20. The second-order valence-electron chi connectivity index (χ2n) is 7.08. The monoisotopic (exact) mass is 348 g/mol. The highest BCUT2D eigenvalue weighted by molar-refractivity contribution is 8.00. The maximum atomic E-state index is 12.9. The summed E-state index contributed by atoms with van der Waals surface area (Å²) in [5, 5.41) is 12.4. The van der Waals surface area contributed by atoms with Gasteiger partial charge >= 0.3 is 6.03 Å². The Balaban J connectivity index is 1.68. The van der Waals surface area contributed by atoms with Crippen LogP contribution in [0.5, 0.6) is 0 Å². The standard InChI is InChI=1S/C19H28N2O2S/c1-19(10-4-13-24-19)14-20-18(23)21(11-5-12-22)17-9-8-15-6-2-3-7-16(15)17/h2-3,6-7,17,22H,4-5,8-14H2,1H3,(H,20,23). The lowest BCUT2D eigenvalue weighted by Crippen LogP contribution is -2.46. The molecule has 2 aliphatic rings. The Bertz CT molecular complexity index is 572. The van der Waals surface area contributed by atoms with E-state index in [9.17, 15) is 9.90 Å². The first kappa shape index (κ1) is 17.6. The topological polar surface area (TPSA) is 52.6 Å². The predicted molar refractivity (Wildman–Crippen MR) is 99.4 cm³/mol. The number of aliphatic hydroxyl groups is 1. The van der Waals surface area contributed by atoms with Crippen LogP contribution in [0.2, 0.25) is 0 Å². The Morgan fingerprint density at radius 2 is 2.29 bits per heavy atom. The van der Waals surface area contributed by atoms with Crippen LogP contribution in [-0.4, -0.2) is 46.2 Å². The number of hydrogen-bond donors (Lipinski definition) is 2. The SMILES string of the molecule is CC1(CNC(=O)N(CCCO)C2CCc3ccccc32)CCCS1. The van der Waals surface area contributed by atoms with Crippen LogP contribution in [0.1, 0.15) is 49.8 Å². The third-order valence-electron chi connectivity index (χ3n) is 5.21. The molecule has 0 bridgehead atoms. The number of amides is 2. The third kappa shape index (κ3) is 3.89. The van der Waals surface area contributed by atoms with Crippen LogP contribution in [0.4, 0.5) is 4.79 Å². The minimum absolute atomic E-state index is 0.0129. The van der Waals surface area contributed by atoms with Gasteiger partial charge in [-0.05, 0) is 55.9 Å². The zero-order valence-electron chi connectivity index (χ0n) is 14.5. The lowest BCUT2D eigenvalue weighted by Gasteiger charge is -2.32. The molecule has 5 heteroatoms. The van der Waals surface area contributed by atoms with Crippen molar-refractivity contribution < 1.29 is 9.90 Å². The Labute approximate surface area is 149 Å². The molecule has 132 valence electrons. The van der Waals surface area contributed by atoms with E-state index in [2.05, 4.69) is 36.5 Å². The van der Waals surface area contributed by atoms with Gasteiger partial charge in [-0.15, -0.1) is 0 Å². The molecule has 1 saturated heterocycles. The van der Waals surface area contributed by atoms with Gasteiger partial charge in [0.25, 0.3) is 0 Å². The van der Waals surface area contributed by atoms with Crippen molar-refractivity contribution in [3.63, 3.8) is 0 Å². The van der Waals surface area contributed by atoms with Crippen LogP contribution in [0.25, 0.3) is 0 Å². The highest BCUT2D eigenvalue weighted by atomic mass is 32.2. The van der Waals surface area contributed by atoms with E-state index in [0.717, 1.165) is 19.4 Å². The largest absolute Gasteiger partial charge is 0.396 e. The van der Waals surface area contributed by atoms with E-state index in [1.807, 2.05) is 16.7 Å². The minimum atomic E-state index is 0.0129. The molecule has 1 aliphatic carbocycles. The van der Waals surface area contributed by atoms with E-state index in [-0.39, 0.29) is 23.4 Å². The first-order valence-electron chi connectivity index (χ1n) is 9.00. The van der Waals surface area contributed by atoms with Crippen LogP contribution in [0, 0.1) is 0 Å². The summed E-state index contributed by atoms with van der Waals surface area (Å²) >= 11 is 1.96. The summed E-state index contributed by atoms with van der Waals surface area (Å²) in [6, 6.07) is 8.57. The number of aliphatic hydroxyl groups excluding tert-OH is 1. The molecule has 0 aromatic heterocycles. The summed E-state index contributed by atoms with van der Waals surface area (Å²) in [5.74, 6) is 1.19. The van der Waals surface area contributed by atoms with E-state index < -0.39 is 0 Å². The third-order valence-corrected chi connectivity index (χ3v) is 6.75. The van der Waals surface area contributed by atoms with Gasteiger partial charge in [0.1, 0.15) is 0 Å². The van der Waals surface area contributed by atoms with E-state index in [1.165, 1.54) is 29.7 Å². The van der Waals surface area contributed by atoms with Crippen LogP contribution in [0.15, 0.2) is 24.3 Å². The number of aryl methyl sites for hydroxylation is 1. The molecule has 24 heavy (non-hydrogen) atoms. The fraction of sp³-hybridized carbons (Fsp3) is 0.632. The zero-order valence-corrected chi connectivity index (χ0v) is 15.3. The first-order chi connectivity index (χ1) is 11.6. The van der Waals surface area contributed by atoms with Crippen molar-refractivity contribution in [2.45, 2.75) is 49.8 Å². The lowest BCUT2D eigenvalue weighted by molar-refractivity contribution is 0.164. The fourth-order valence-electron chi connectivity index (χ4n) is 3.84. The normalized spacial score (nSPS) is 25.5. The molecule has 1 fully saturated rings. The van der Waals surface area contributed by atoms with Crippen molar-refractivity contribution in [3.05, 3.63) is 35.4 Å². The Morgan fingerprint density at radius 1 is 1.46 bits per heavy atom.